The number of hydrogen-bond acceptors (Lipinski definition) is 5. The minimum atomic E-state index is -0.544. The molecule has 2 aromatic rings. The maximum absolute atomic E-state index is 10.7. The second-order valence-electron chi connectivity index (χ2n) is 6.63. The summed E-state index contributed by atoms with van der Waals surface area (Å²) in [5.41, 5.74) is 5.32. The van der Waals surface area contributed by atoms with E-state index in [1.54, 1.807) is 7.11 Å². The molecule has 124 valence electrons. The van der Waals surface area contributed by atoms with Crippen LogP contribution in [0, 0.1) is 0 Å². The zero-order valence-corrected chi connectivity index (χ0v) is 13.7. The number of benzene rings is 2. The third-order valence-corrected chi connectivity index (χ3v) is 5.40. The smallest absolute Gasteiger partial charge is 0.231 e. The van der Waals surface area contributed by atoms with Crippen LogP contribution >= 0.6 is 0 Å². The van der Waals surface area contributed by atoms with Crippen LogP contribution in [-0.4, -0.2) is 37.5 Å². The van der Waals surface area contributed by atoms with Crippen LogP contribution in [-0.2, 0) is 4.74 Å². The molecule has 0 fully saturated rings. The maximum Gasteiger partial charge on any atom is 0.231 e. The number of ether oxygens (including phenoxy) is 3. The van der Waals surface area contributed by atoms with Crippen molar-refractivity contribution in [1.82, 2.24) is 4.90 Å². The molecule has 0 aromatic heterocycles. The number of aliphatic hydroxyl groups is 1. The van der Waals surface area contributed by atoms with Crippen molar-refractivity contribution < 1.29 is 19.3 Å². The Labute approximate surface area is 140 Å². The zero-order chi connectivity index (χ0) is 16.4. The highest BCUT2D eigenvalue weighted by atomic mass is 16.7. The molecule has 0 saturated heterocycles. The highest BCUT2D eigenvalue weighted by molar-refractivity contribution is 5.84. The fourth-order valence-corrected chi connectivity index (χ4v) is 4.42. The van der Waals surface area contributed by atoms with Crippen LogP contribution in [0.5, 0.6) is 11.5 Å². The summed E-state index contributed by atoms with van der Waals surface area (Å²) in [5, 5.41) is 10.7. The summed E-state index contributed by atoms with van der Waals surface area (Å²) in [7, 11) is 3.78. The Bertz CT molecular complexity index is 834. The van der Waals surface area contributed by atoms with Gasteiger partial charge in [-0.2, -0.15) is 0 Å². The zero-order valence-electron chi connectivity index (χ0n) is 13.7. The third-order valence-electron chi connectivity index (χ3n) is 5.40. The van der Waals surface area contributed by atoms with Crippen LogP contribution in [0.25, 0.3) is 11.1 Å². The van der Waals surface area contributed by atoms with Gasteiger partial charge in [0, 0.05) is 19.2 Å². The Morgan fingerprint density at radius 1 is 1.21 bits per heavy atom. The topological polar surface area (TPSA) is 51.2 Å². The molecule has 24 heavy (non-hydrogen) atoms. The lowest BCUT2D eigenvalue weighted by Crippen LogP contribution is -2.40. The van der Waals surface area contributed by atoms with E-state index in [1.807, 2.05) is 25.2 Å². The SMILES string of the molecule is CO[C@@H]1c2ccccc2-c2c3c(cc4c2[C@@H]1N(C)C[C@@H]4O)OCO3. The van der Waals surface area contributed by atoms with Crippen molar-refractivity contribution in [3.05, 3.63) is 47.0 Å². The summed E-state index contributed by atoms with van der Waals surface area (Å²) in [4.78, 5) is 2.17. The molecular formula is C19H19NO4. The Hall–Kier alpha value is -2.08. The van der Waals surface area contributed by atoms with Crippen LogP contribution in [0.4, 0.5) is 0 Å². The Morgan fingerprint density at radius 3 is 2.88 bits per heavy atom. The second kappa shape index (κ2) is 4.96. The molecular weight excluding hydrogens is 306 g/mol. The van der Waals surface area contributed by atoms with Crippen LogP contribution in [0.2, 0.25) is 0 Å². The molecule has 3 aliphatic rings. The molecule has 0 amide bonds. The molecule has 2 aliphatic heterocycles. The third kappa shape index (κ3) is 1.69. The maximum atomic E-state index is 10.7. The van der Waals surface area contributed by atoms with E-state index in [0.29, 0.717) is 6.54 Å². The van der Waals surface area contributed by atoms with E-state index in [-0.39, 0.29) is 18.9 Å². The molecule has 5 nitrogen and oxygen atoms in total. The second-order valence-corrected chi connectivity index (χ2v) is 6.63. The van der Waals surface area contributed by atoms with Gasteiger partial charge in [-0.25, -0.2) is 0 Å². The molecule has 0 spiro atoms. The monoisotopic (exact) mass is 325 g/mol. The summed E-state index contributed by atoms with van der Waals surface area (Å²) in [6.07, 6.45) is -0.623. The number of likely N-dealkylation sites (N-methyl/N-ethyl adjacent to an activating group) is 1. The standard InChI is InChI=1S/C19H19NO4/c1-20-8-13(21)12-7-14-19(24-9-23-14)16-10-5-3-4-6-11(10)18(22-2)17(20)15(12)16/h3-7,13,17-18,21H,8-9H2,1-2H3/t13-,17-,18+/m0/s1. The first-order valence-electron chi connectivity index (χ1n) is 8.17. The van der Waals surface area contributed by atoms with Gasteiger partial charge in [-0.05, 0) is 35.4 Å². The van der Waals surface area contributed by atoms with Crippen molar-refractivity contribution in [2.75, 3.05) is 27.5 Å². The number of hydrogen-bond donors (Lipinski definition) is 1. The summed E-state index contributed by atoms with van der Waals surface area (Å²) >= 11 is 0. The van der Waals surface area contributed by atoms with Gasteiger partial charge in [-0.15, -0.1) is 0 Å². The van der Waals surface area contributed by atoms with Gasteiger partial charge in [0.25, 0.3) is 0 Å². The first kappa shape index (κ1) is 14.3. The van der Waals surface area contributed by atoms with Gasteiger partial charge in [0.05, 0.1) is 12.1 Å². The lowest BCUT2D eigenvalue weighted by molar-refractivity contribution is -0.00973. The molecule has 0 radical (unpaired) electrons. The number of methoxy groups -OCH3 is 1. The van der Waals surface area contributed by atoms with Crippen molar-refractivity contribution in [3.8, 4) is 22.6 Å². The van der Waals surface area contributed by atoms with Crippen molar-refractivity contribution >= 4 is 0 Å². The molecule has 1 N–H and O–H groups in total. The van der Waals surface area contributed by atoms with E-state index in [0.717, 1.165) is 39.3 Å². The lowest BCUT2D eigenvalue weighted by Gasteiger charge is -2.45. The lowest BCUT2D eigenvalue weighted by atomic mass is 9.74. The summed E-state index contributed by atoms with van der Waals surface area (Å²) < 4.78 is 17.3. The average molecular weight is 325 g/mol. The van der Waals surface area contributed by atoms with E-state index >= 15 is 0 Å². The highest BCUT2D eigenvalue weighted by Gasteiger charge is 2.45. The summed E-state index contributed by atoms with van der Waals surface area (Å²) in [5.74, 6) is 1.50. The van der Waals surface area contributed by atoms with Crippen LogP contribution in [0.3, 0.4) is 0 Å². The Morgan fingerprint density at radius 2 is 2.04 bits per heavy atom. The molecule has 5 heteroatoms. The van der Waals surface area contributed by atoms with Crippen molar-refractivity contribution in [1.29, 1.82) is 0 Å². The average Bonchev–Trinajstić information content (AvgIpc) is 3.06. The quantitative estimate of drug-likeness (QED) is 0.874. The van der Waals surface area contributed by atoms with E-state index in [2.05, 4.69) is 17.0 Å². The van der Waals surface area contributed by atoms with Crippen molar-refractivity contribution in [3.63, 3.8) is 0 Å². The number of β-amino-alcohol motifs (C(OH)–C–C–N with tert-alkyl or cyclic N) is 1. The first-order valence-corrected chi connectivity index (χ1v) is 8.17. The number of nitrogens with zero attached hydrogens (tertiary/aromatic N) is 1. The first-order chi connectivity index (χ1) is 11.7. The minimum absolute atomic E-state index is 0.0489. The van der Waals surface area contributed by atoms with Gasteiger partial charge >= 0.3 is 0 Å². The predicted molar refractivity (Wildman–Crippen MR) is 88.1 cm³/mol. The fraction of sp³-hybridized carbons (Fsp3) is 0.368. The molecule has 3 atom stereocenters. The van der Waals surface area contributed by atoms with E-state index in [9.17, 15) is 5.11 Å². The summed E-state index contributed by atoms with van der Waals surface area (Å²) in [6, 6.07) is 10.3. The van der Waals surface area contributed by atoms with Crippen LogP contribution in [0.1, 0.15) is 34.9 Å². The highest BCUT2D eigenvalue weighted by Crippen LogP contribution is 2.58. The fourth-order valence-electron chi connectivity index (χ4n) is 4.42. The van der Waals surface area contributed by atoms with Crippen LogP contribution in [0.15, 0.2) is 30.3 Å². The van der Waals surface area contributed by atoms with Crippen molar-refractivity contribution in [2.45, 2.75) is 18.2 Å². The minimum Gasteiger partial charge on any atom is -0.454 e. The molecule has 0 unspecified atom stereocenters. The van der Waals surface area contributed by atoms with Gasteiger partial charge in [-0.1, -0.05) is 24.3 Å². The molecule has 0 bridgehead atoms. The van der Waals surface area contributed by atoms with Gasteiger partial charge in [0.2, 0.25) is 6.79 Å². The Kier molecular flexibility index (Phi) is 2.95. The van der Waals surface area contributed by atoms with Gasteiger partial charge in [0.1, 0.15) is 6.10 Å². The predicted octanol–water partition coefficient (Wildman–Crippen LogP) is 2.80. The molecule has 1 aliphatic carbocycles. The largest absolute Gasteiger partial charge is 0.454 e. The molecule has 2 aromatic carbocycles. The number of rotatable bonds is 1. The molecule has 2 heterocycles. The van der Waals surface area contributed by atoms with Gasteiger partial charge < -0.3 is 19.3 Å². The van der Waals surface area contributed by atoms with Crippen LogP contribution < -0.4 is 9.47 Å². The van der Waals surface area contributed by atoms with E-state index in [4.69, 9.17) is 14.2 Å². The summed E-state index contributed by atoms with van der Waals surface area (Å²) in [6.45, 7) is 0.788. The van der Waals surface area contributed by atoms with Crippen molar-refractivity contribution in [2.24, 2.45) is 0 Å². The number of aliphatic hydroxyl groups excluding tert-OH is 1. The molecule has 5 rings (SSSR count). The van der Waals surface area contributed by atoms with Gasteiger partial charge in [-0.3, -0.25) is 4.90 Å². The van der Waals surface area contributed by atoms with Gasteiger partial charge in [0.15, 0.2) is 11.5 Å². The van der Waals surface area contributed by atoms with E-state index in [1.165, 1.54) is 0 Å². The van der Waals surface area contributed by atoms with E-state index < -0.39 is 6.10 Å². The molecule has 0 saturated carbocycles. The number of fused-ring (bicyclic) bond motifs is 4. The normalized spacial score (nSPS) is 26.9. The Balaban J connectivity index is 1.90.